The molecule has 1 atom stereocenters. The zero-order valence-corrected chi connectivity index (χ0v) is 20.6. The lowest BCUT2D eigenvalue weighted by atomic mass is 10.1. The first kappa shape index (κ1) is 26.6. The molecule has 34 heavy (non-hydrogen) atoms. The number of hydrogen-bond donors (Lipinski definition) is 0. The highest BCUT2D eigenvalue weighted by Crippen LogP contribution is 2.32. The summed E-state index contributed by atoms with van der Waals surface area (Å²) in [5.41, 5.74) is -0.461. The minimum atomic E-state index is -0.709. The molecular formula is C23H29BrO10. The van der Waals surface area contributed by atoms with E-state index in [0.717, 1.165) is 0 Å². The molecule has 0 saturated carbocycles. The molecule has 0 radical (unpaired) electrons. The maximum absolute atomic E-state index is 12.2. The van der Waals surface area contributed by atoms with E-state index in [4.69, 9.17) is 37.6 Å². The third-order valence-corrected chi connectivity index (χ3v) is 5.38. The Kier molecular flexibility index (Phi) is 11.3. The molecule has 3 rings (SSSR count). The maximum atomic E-state index is 12.2. The van der Waals surface area contributed by atoms with Crippen molar-refractivity contribution in [3.8, 4) is 11.5 Å². The number of carbonyl (C=O) groups excluding carboxylic acids is 1. The third kappa shape index (κ3) is 8.03. The molecule has 1 fully saturated rings. The van der Waals surface area contributed by atoms with Gasteiger partial charge in [0.15, 0.2) is 17.3 Å². The molecule has 11 heteroatoms. The summed E-state index contributed by atoms with van der Waals surface area (Å²) in [4.78, 5) is 24.2. The fourth-order valence-electron chi connectivity index (χ4n) is 3.14. The van der Waals surface area contributed by atoms with E-state index in [1.807, 2.05) is 0 Å². The molecule has 1 unspecified atom stereocenters. The SMILES string of the molecule is COc1cc2cc(C(=O)CBr)c(=O)oc2cc1OCC1COCCOCCOCCOCCO1. The number of Topliss-reactive ketones (excluding diaryl/α,β-unsaturated/α-hetero) is 1. The molecule has 10 nitrogen and oxygen atoms in total. The van der Waals surface area contributed by atoms with E-state index in [0.29, 0.717) is 76.3 Å². The van der Waals surface area contributed by atoms with Gasteiger partial charge in [-0.3, -0.25) is 4.79 Å². The monoisotopic (exact) mass is 544 g/mol. The highest BCUT2D eigenvalue weighted by Gasteiger charge is 2.17. The normalized spacial score (nSPS) is 19.2. The number of rotatable bonds is 6. The van der Waals surface area contributed by atoms with Crippen molar-refractivity contribution >= 4 is 32.7 Å². The van der Waals surface area contributed by atoms with Crippen LogP contribution in [0.4, 0.5) is 0 Å². The number of halogens is 1. The van der Waals surface area contributed by atoms with Gasteiger partial charge in [0.25, 0.3) is 0 Å². The summed E-state index contributed by atoms with van der Waals surface area (Å²) in [5, 5.41) is 0.568. The molecule has 0 bridgehead atoms. The predicted octanol–water partition coefficient (Wildman–Crippen LogP) is 2.22. The van der Waals surface area contributed by atoms with Gasteiger partial charge in [-0.1, -0.05) is 15.9 Å². The molecule has 0 aliphatic carbocycles. The van der Waals surface area contributed by atoms with Gasteiger partial charge in [0.1, 0.15) is 23.9 Å². The summed E-state index contributed by atoms with van der Waals surface area (Å²) in [6, 6.07) is 4.70. The largest absolute Gasteiger partial charge is 0.493 e. The molecule has 2 aromatic rings. The summed E-state index contributed by atoms with van der Waals surface area (Å²) in [7, 11) is 1.50. The fraction of sp³-hybridized carbons (Fsp3) is 0.565. The van der Waals surface area contributed by atoms with E-state index in [-0.39, 0.29) is 35.0 Å². The molecule has 1 aromatic carbocycles. The minimum Gasteiger partial charge on any atom is -0.493 e. The molecule has 188 valence electrons. The Morgan fingerprint density at radius 1 is 0.941 bits per heavy atom. The molecule has 1 aliphatic rings. The van der Waals surface area contributed by atoms with Crippen LogP contribution >= 0.6 is 15.9 Å². The molecule has 1 saturated heterocycles. The Bertz CT molecular complexity index is 960. The number of ketones is 1. The number of fused-ring (bicyclic) bond motifs is 1. The number of methoxy groups -OCH3 is 1. The standard InChI is InChI=1S/C23H29BrO10/c1-27-21-11-16-10-18(19(25)13-24)23(26)34-20(16)12-22(21)33-15-17-14-31-7-6-29-3-2-28-4-5-30-8-9-32-17/h10-12,17H,2-9,13-15H2,1H3. The second-order valence-electron chi connectivity index (χ2n) is 7.26. The lowest BCUT2D eigenvalue weighted by molar-refractivity contribution is -0.0608. The van der Waals surface area contributed by atoms with Crippen LogP contribution in [-0.4, -0.2) is 90.4 Å². The molecule has 1 aliphatic heterocycles. The average Bonchev–Trinajstić information content (AvgIpc) is 2.86. The van der Waals surface area contributed by atoms with Gasteiger partial charge in [-0.25, -0.2) is 4.79 Å². The van der Waals surface area contributed by atoms with Crippen molar-refractivity contribution in [2.24, 2.45) is 0 Å². The Morgan fingerprint density at radius 2 is 1.59 bits per heavy atom. The zero-order valence-electron chi connectivity index (χ0n) is 19.0. The van der Waals surface area contributed by atoms with Crippen LogP contribution in [0, 0.1) is 0 Å². The smallest absolute Gasteiger partial charge is 0.347 e. The Hall–Kier alpha value is -2.02. The van der Waals surface area contributed by atoms with E-state index in [2.05, 4.69) is 15.9 Å². The van der Waals surface area contributed by atoms with Crippen LogP contribution in [0.25, 0.3) is 11.0 Å². The van der Waals surface area contributed by atoms with Gasteiger partial charge < -0.3 is 37.6 Å². The number of benzene rings is 1. The van der Waals surface area contributed by atoms with Gasteiger partial charge in [0.05, 0.1) is 71.9 Å². The summed E-state index contributed by atoms with van der Waals surface area (Å²) < 4.78 is 44.6. The van der Waals surface area contributed by atoms with Gasteiger partial charge in [0.2, 0.25) is 0 Å². The van der Waals surface area contributed by atoms with E-state index < -0.39 is 5.63 Å². The van der Waals surface area contributed by atoms with Gasteiger partial charge in [-0.15, -0.1) is 0 Å². The quantitative estimate of drug-likeness (QED) is 0.304. The van der Waals surface area contributed by atoms with E-state index in [1.54, 1.807) is 12.1 Å². The van der Waals surface area contributed by atoms with Crippen LogP contribution in [0.1, 0.15) is 10.4 Å². The van der Waals surface area contributed by atoms with Gasteiger partial charge in [-0.05, 0) is 12.1 Å². The lowest BCUT2D eigenvalue weighted by Crippen LogP contribution is -2.29. The first-order chi connectivity index (χ1) is 16.6. The van der Waals surface area contributed by atoms with Crippen molar-refractivity contribution in [2.75, 3.05) is 78.5 Å². The number of alkyl halides is 1. The van der Waals surface area contributed by atoms with Crippen molar-refractivity contribution in [3.63, 3.8) is 0 Å². The minimum absolute atomic E-state index is 0.0238. The van der Waals surface area contributed by atoms with Crippen molar-refractivity contribution in [1.29, 1.82) is 0 Å². The van der Waals surface area contributed by atoms with Crippen LogP contribution < -0.4 is 15.1 Å². The maximum Gasteiger partial charge on any atom is 0.347 e. The Balaban J connectivity index is 1.68. The fourth-order valence-corrected chi connectivity index (χ4v) is 3.44. The molecule has 1 aromatic heterocycles. The highest BCUT2D eigenvalue weighted by molar-refractivity contribution is 9.09. The van der Waals surface area contributed by atoms with Crippen molar-refractivity contribution < 1.29 is 42.4 Å². The first-order valence-corrected chi connectivity index (χ1v) is 12.0. The molecule has 2 heterocycles. The second kappa shape index (κ2) is 14.4. The van der Waals surface area contributed by atoms with Crippen LogP contribution in [-0.2, 0) is 23.7 Å². The van der Waals surface area contributed by atoms with Crippen molar-refractivity contribution in [2.45, 2.75) is 6.10 Å². The first-order valence-electron chi connectivity index (χ1n) is 10.9. The summed E-state index contributed by atoms with van der Waals surface area (Å²) in [6.07, 6.45) is -0.378. The van der Waals surface area contributed by atoms with Crippen LogP contribution in [0.2, 0.25) is 0 Å². The van der Waals surface area contributed by atoms with Gasteiger partial charge in [0, 0.05) is 11.5 Å². The van der Waals surface area contributed by atoms with Crippen molar-refractivity contribution in [3.05, 3.63) is 34.2 Å². The number of carbonyl (C=O) groups is 1. The van der Waals surface area contributed by atoms with Crippen LogP contribution in [0.3, 0.4) is 0 Å². The number of ether oxygens (including phenoxy) is 7. The molecule has 0 N–H and O–H groups in total. The van der Waals surface area contributed by atoms with E-state index in [1.165, 1.54) is 13.2 Å². The topological polar surface area (TPSA) is 112 Å². The summed E-state index contributed by atoms with van der Waals surface area (Å²) in [5.74, 6) is 0.431. The highest BCUT2D eigenvalue weighted by atomic mass is 79.9. The summed E-state index contributed by atoms with van der Waals surface area (Å²) >= 11 is 3.07. The Morgan fingerprint density at radius 3 is 2.24 bits per heavy atom. The van der Waals surface area contributed by atoms with Crippen molar-refractivity contribution in [1.82, 2.24) is 0 Å². The van der Waals surface area contributed by atoms with Crippen LogP contribution in [0.15, 0.2) is 27.4 Å². The van der Waals surface area contributed by atoms with E-state index >= 15 is 0 Å². The van der Waals surface area contributed by atoms with Gasteiger partial charge >= 0.3 is 5.63 Å². The molecule has 0 amide bonds. The zero-order chi connectivity index (χ0) is 24.2. The second-order valence-corrected chi connectivity index (χ2v) is 7.82. The number of hydrogen-bond acceptors (Lipinski definition) is 10. The average molecular weight is 545 g/mol. The lowest BCUT2D eigenvalue weighted by Gasteiger charge is -2.20. The van der Waals surface area contributed by atoms with E-state index in [9.17, 15) is 9.59 Å². The molecule has 0 spiro atoms. The van der Waals surface area contributed by atoms with Gasteiger partial charge in [-0.2, -0.15) is 0 Å². The Labute approximate surface area is 205 Å². The molecular weight excluding hydrogens is 516 g/mol. The summed E-state index contributed by atoms with van der Waals surface area (Å²) in [6.45, 7) is 4.08. The predicted molar refractivity (Wildman–Crippen MR) is 126 cm³/mol. The third-order valence-electron chi connectivity index (χ3n) is 4.87. The van der Waals surface area contributed by atoms with Crippen LogP contribution in [0.5, 0.6) is 11.5 Å².